The third-order valence-electron chi connectivity index (χ3n) is 6.70. The van der Waals surface area contributed by atoms with Gasteiger partial charge in [0.15, 0.2) is 0 Å². The highest BCUT2D eigenvalue weighted by atomic mass is 19.4. The first-order chi connectivity index (χ1) is 16.1. The fourth-order valence-electron chi connectivity index (χ4n) is 5.14. The van der Waals surface area contributed by atoms with E-state index in [2.05, 4.69) is 25.6 Å². The molecule has 0 bridgehead atoms. The van der Waals surface area contributed by atoms with Crippen molar-refractivity contribution in [1.29, 1.82) is 5.26 Å². The summed E-state index contributed by atoms with van der Waals surface area (Å²) in [6.07, 6.45) is -4.71. The average molecular weight is 469 g/mol. The van der Waals surface area contributed by atoms with Crippen molar-refractivity contribution in [2.75, 3.05) is 36.0 Å². The van der Waals surface area contributed by atoms with Crippen LogP contribution >= 0.6 is 0 Å². The maximum Gasteiger partial charge on any atom is 0.573 e. The molecule has 0 saturated carbocycles. The van der Waals surface area contributed by atoms with E-state index < -0.39 is 6.36 Å². The highest BCUT2D eigenvalue weighted by Crippen LogP contribution is 2.39. The van der Waals surface area contributed by atoms with Crippen LogP contribution in [-0.2, 0) is 7.05 Å². The number of alkyl halides is 3. The van der Waals surface area contributed by atoms with Gasteiger partial charge < -0.3 is 19.1 Å². The number of halogens is 3. The lowest BCUT2D eigenvalue weighted by molar-refractivity contribution is -0.274. The van der Waals surface area contributed by atoms with Crippen LogP contribution in [0.5, 0.6) is 5.75 Å². The van der Waals surface area contributed by atoms with Crippen LogP contribution in [0, 0.1) is 30.1 Å². The number of fused-ring (bicyclic) bond motifs is 2. The first kappa shape index (κ1) is 22.1. The number of nitrogens with zero attached hydrogens (tertiary/aromatic N) is 5. The van der Waals surface area contributed by atoms with Gasteiger partial charge in [0.1, 0.15) is 22.9 Å². The molecule has 7 nitrogen and oxygen atoms in total. The van der Waals surface area contributed by atoms with E-state index in [9.17, 15) is 23.2 Å². The zero-order chi connectivity index (χ0) is 24.2. The van der Waals surface area contributed by atoms with Crippen molar-refractivity contribution in [1.82, 2.24) is 9.55 Å². The van der Waals surface area contributed by atoms with Gasteiger partial charge in [-0.1, -0.05) is 0 Å². The molecule has 4 heterocycles. The Labute approximate surface area is 193 Å². The minimum absolute atomic E-state index is 0.102. The maximum atomic E-state index is 12.9. The van der Waals surface area contributed by atoms with E-state index >= 15 is 0 Å². The molecular weight excluding hydrogens is 447 g/mol. The number of hydrogen-bond donors (Lipinski definition) is 0. The van der Waals surface area contributed by atoms with Gasteiger partial charge in [0.05, 0.1) is 11.2 Å². The molecule has 1 aromatic carbocycles. The minimum atomic E-state index is -4.71. The van der Waals surface area contributed by atoms with Crippen LogP contribution < -0.4 is 20.1 Å². The van der Waals surface area contributed by atoms with Crippen LogP contribution in [0.2, 0.25) is 0 Å². The fraction of sp³-hybridized carbons (Fsp3) is 0.375. The van der Waals surface area contributed by atoms with Gasteiger partial charge in [-0.25, -0.2) is 4.98 Å². The summed E-state index contributed by atoms with van der Waals surface area (Å²) >= 11 is 0. The lowest BCUT2D eigenvalue weighted by Gasteiger charge is -2.26. The quantitative estimate of drug-likeness (QED) is 0.584. The third-order valence-corrected chi connectivity index (χ3v) is 6.70. The number of pyridine rings is 2. The summed E-state index contributed by atoms with van der Waals surface area (Å²) in [4.78, 5) is 21.8. The molecule has 0 N–H and O–H groups in total. The van der Waals surface area contributed by atoms with Gasteiger partial charge in [0, 0.05) is 56.4 Å². The minimum Gasteiger partial charge on any atom is -0.406 e. The zero-order valence-corrected chi connectivity index (χ0v) is 18.6. The van der Waals surface area contributed by atoms with E-state index in [-0.39, 0.29) is 16.9 Å². The normalized spacial score (nSPS) is 20.0. The molecule has 176 valence electrons. The fourth-order valence-corrected chi connectivity index (χ4v) is 5.14. The average Bonchev–Trinajstić information content (AvgIpc) is 3.34. The number of nitriles is 1. The van der Waals surface area contributed by atoms with Crippen molar-refractivity contribution in [3.63, 3.8) is 0 Å². The van der Waals surface area contributed by atoms with Crippen molar-refractivity contribution in [3.8, 4) is 11.8 Å². The topological polar surface area (TPSA) is 74.4 Å². The van der Waals surface area contributed by atoms with Crippen LogP contribution in [0.15, 0.2) is 41.2 Å². The van der Waals surface area contributed by atoms with Crippen LogP contribution in [0.25, 0.3) is 11.0 Å². The first-order valence-corrected chi connectivity index (χ1v) is 10.9. The Morgan fingerprint density at radius 3 is 2.24 bits per heavy atom. The molecule has 2 aliphatic heterocycles. The van der Waals surface area contributed by atoms with Gasteiger partial charge in [0.2, 0.25) is 0 Å². The van der Waals surface area contributed by atoms with Crippen molar-refractivity contribution in [3.05, 3.63) is 58.0 Å². The van der Waals surface area contributed by atoms with Gasteiger partial charge in [-0.05, 0) is 43.3 Å². The Bertz CT molecular complexity index is 1350. The summed E-state index contributed by atoms with van der Waals surface area (Å²) in [5.74, 6) is 0.342. The second kappa shape index (κ2) is 7.94. The van der Waals surface area contributed by atoms with E-state index in [1.54, 1.807) is 19.2 Å². The molecule has 0 spiro atoms. The number of ether oxygens (including phenoxy) is 1. The second-order valence-electron chi connectivity index (χ2n) is 8.89. The van der Waals surface area contributed by atoms with Crippen molar-refractivity contribution >= 4 is 22.4 Å². The number of aryl methyl sites for hydroxylation is 2. The number of aromatic nitrogens is 2. The lowest BCUT2D eigenvalue weighted by Crippen LogP contribution is -2.32. The molecule has 3 aromatic rings. The highest BCUT2D eigenvalue weighted by Gasteiger charge is 2.41. The smallest absolute Gasteiger partial charge is 0.406 e. The summed E-state index contributed by atoms with van der Waals surface area (Å²) in [5, 5.41) is 9.79. The van der Waals surface area contributed by atoms with E-state index in [4.69, 9.17) is 0 Å². The SMILES string of the molecule is Cc1ccc2c(n1)c(N1CC3CN(c4ccc(OC(F)(F)F)cc4)CC3C1)c(C#N)c(=O)n2C. The lowest BCUT2D eigenvalue weighted by atomic mass is 10.0. The van der Waals surface area contributed by atoms with Crippen LogP contribution in [0.3, 0.4) is 0 Å². The Kier molecular flexibility index (Phi) is 5.15. The Morgan fingerprint density at radius 1 is 1.03 bits per heavy atom. The predicted octanol–water partition coefficient (Wildman–Crippen LogP) is 3.58. The molecule has 5 rings (SSSR count). The molecule has 0 amide bonds. The van der Waals surface area contributed by atoms with Gasteiger partial charge in [-0.2, -0.15) is 5.26 Å². The monoisotopic (exact) mass is 469 g/mol. The standard InChI is InChI=1S/C24H22F3N5O2/c1-14-3-8-20-21(29-14)22(19(9-28)23(33)30(20)2)32-12-15-10-31(11-16(15)13-32)17-4-6-18(7-5-17)34-24(25,26)27/h3-8,15-16H,10-13H2,1-2H3. The summed E-state index contributed by atoms with van der Waals surface area (Å²) in [6.45, 7) is 4.68. The zero-order valence-electron chi connectivity index (χ0n) is 18.6. The maximum absolute atomic E-state index is 12.9. The summed E-state index contributed by atoms with van der Waals surface area (Å²) < 4.78 is 42.7. The molecule has 34 heavy (non-hydrogen) atoms. The predicted molar refractivity (Wildman–Crippen MR) is 121 cm³/mol. The first-order valence-electron chi connectivity index (χ1n) is 10.9. The Morgan fingerprint density at radius 2 is 1.65 bits per heavy atom. The van der Waals surface area contributed by atoms with Gasteiger partial charge in [0.25, 0.3) is 5.56 Å². The summed E-state index contributed by atoms with van der Waals surface area (Å²) in [6, 6.07) is 11.7. The van der Waals surface area contributed by atoms with E-state index in [1.807, 2.05) is 19.1 Å². The molecule has 2 fully saturated rings. The summed E-state index contributed by atoms with van der Waals surface area (Å²) in [7, 11) is 1.65. The van der Waals surface area contributed by atoms with Crippen molar-refractivity contribution in [2.45, 2.75) is 13.3 Å². The highest BCUT2D eigenvalue weighted by molar-refractivity contribution is 5.92. The molecule has 0 radical (unpaired) electrons. The molecule has 2 aliphatic rings. The Hall–Kier alpha value is -3.74. The molecule has 0 aliphatic carbocycles. The van der Waals surface area contributed by atoms with Crippen LogP contribution in [0.1, 0.15) is 11.3 Å². The number of anilines is 2. The van der Waals surface area contributed by atoms with E-state index in [0.29, 0.717) is 41.6 Å². The molecule has 2 atom stereocenters. The number of rotatable bonds is 3. The van der Waals surface area contributed by atoms with Gasteiger partial charge in [-0.3, -0.25) is 4.79 Å². The molecule has 2 aromatic heterocycles. The third kappa shape index (κ3) is 3.81. The Balaban J connectivity index is 1.39. The van der Waals surface area contributed by atoms with Crippen molar-refractivity contribution < 1.29 is 17.9 Å². The molecule has 10 heteroatoms. The van der Waals surface area contributed by atoms with Crippen LogP contribution in [0.4, 0.5) is 24.5 Å². The summed E-state index contributed by atoms with van der Waals surface area (Å²) in [5.41, 5.74) is 3.34. The van der Waals surface area contributed by atoms with E-state index in [1.165, 1.54) is 16.7 Å². The van der Waals surface area contributed by atoms with E-state index in [0.717, 1.165) is 24.5 Å². The molecule has 2 saturated heterocycles. The molecular formula is C24H22F3N5O2. The van der Waals surface area contributed by atoms with Gasteiger partial charge in [-0.15, -0.1) is 13.2 Å². The number of hydrogen-bond acceptors (Lipinski definition) is 6. The second-order valence-corrected chi connectivity index (χ2v) is 8.89. The van der Waals surface area contributed by atoms with Crippen LogP contribution in [-0.4, -0.2) is 42.1 Å². The number of benzene rings is 1. The molecule has 2 unspecified atom stereocenters. The van der Waals surface area contributed by atoms with Crippen molar-refractivity contribution in [2.24, 2.45) is 18.9 Å². The van der Waals surface area contributed by atoms with Gasteiger partial charge >= 0.3 is 6.36 Å². The largest absolute Gasteiger partial charge is 0.573 e.